The van der Waals surface area contributed by atoms with E-state index in [-0.39, 0.29) is 11.8 Å². The lowest BCUT2D eigenvalue weighted by Gasteiger charge is -2.26. The Morgan fingerprint density at radius 3 is 2.51 bits per heavy atom. The summed E-state index contributed by atoms with van der Waals surface area (Å²) in [6.45, 7) is 5.22. The molecule has 0 unspecified atom stereocenters. The van der Waals surface area contributed by atoms with Crippen LogP contribution in [0, 0.1) is 0 Å². The summed E-state index contributed by atoms with van der Waals surface area (Å²) in [6, 6.07) is 13.5. The van der Waals surface area contributed by atoms with Crippen molar-refractivity contribution in [3.63, 3.8) is 0 Å². The molecule has 0 spiro atoms. The summed E-state index contributed by atoms with van der Waals surface area (Å²) < 4.78 is 7.60. The van der Waals surface area contributed by atoms with Gasteiger partial charge < -0.3 is 20.0 Å². The highest BCUT2D eigenvalue weighted by atomic mass is 16.5. The van der Waals surface area contributed by atoms with Crippen LogP contribution in [0.1, 0.15) is 17.5 Å². The largest absolute Gasteiger partial charge is 0.399 e. The van der Waals surface area contributed by atoms with Gasteiger partial charge in [0.2, 0.25) is 0 Å². The smallest absolute Gasteiger partial charge is 0.259 e. The molecule has 8 heteroatoms. The molecular weight excluding hydrogens is 442 g/mol. The van der Waals surface area contributed by atoms with E-state index in [2.05, 4.69) is 19.8 Å². The number of aromatic amines is 1. The molecule has 35 heavy (non-hydrogen) atoms. The van der Waals surface area contributed by atoms with Crippen molar-refractivity contribution in [1.29, 1.82) is 0 Å². The molecule has 0 aliphatic carbocycles. The molecule has 4 N–H and O–H groups in total. The van der Waals surface area contributed by atoms with Crippen LogP contribution in [-0.2, 0) is 20.9 Å². The molecule has 0 radical (unpaired) electrons. The topological polar surface area (TPSA) is 105 Å². The highest BCUT2D eigenvalue weighted by Crippen LogP contribution is 2.38. The number of fused-ring (bicyclic) bond motifs is 2. The second kappa shape index (κ2) is 8.72. The Kier molecular flexibility index (Phi) is 5.39. The summed E-state index contributed by atoms with van der Waals surface area (Å²) in [7, 11) is 0. The quantitative estimate of drug-likeness (QED) is 0.297. The van der Waals surface area contributed by atoms with E-state index >= 15 is 0 Å². The number of nitrogens with zero attached hydrogens (tertiary/aromatic N) is 2. The van der Waals surface area contributed by atoms with Gasteiger partial charge in [0.1, 0.15) is 0 Å². The van der Waals surface area contributed by atoms with Crippen molar-refractivity contribution in [2.75, 3.05) is 38.6 Å². The average Bonchev–Trinajstić information content (AvgIpc) is 3.52. The number of carbonyl (C=O) groups is 2. The zero-order chi connectivity index (χ0) is 23.9. The van der Waals surface area contributed by atoms with Crippen LogP contribution in [-0.4, -0.2) is 59.1 Å². The Bertz CT molecular complexity index is 1490. The highest BCUT2D eigenvalue weighted by molar-refractivity contribution is 6.50. The van der Waals surface area contributed by atoms with E-state index in [1.54, 1.807) is 6.20 Å². The third-order valence-corrected chi connectivity index (χ3v) is 6.94. The van der Waals surface area contributed by atoms with E-state index in [1.165, 1.54) is 0 Å². The van der Waals surface area contributed by atoms with Crippen LogP contribution in [0.2, 0.25) is 0 Å². The van der Waals surface area contributed by atoms with Crippen LogP contribution in [0.5, 0.6) is 0 Å². The third-order valence-electron chi connectivity index (χ3n) is 6.94. The van der Waals surface area contributed by atoms with E-state index in [0.717, 1.165) is 78.7 Å². The fourth-order valence-electron chi connectivity index (χ4n) is 5.23. The van der Waals surface area contributed by atoms with Crippen molar-refractivity contribution < 1.29 is 14.3 Å². The lowest BCUT2D eigenvalue weighted by Crippen LogP contribution is -2.37. The van der Waals surface area contributed by atoms with Gasteiger partial charge in [0.25, 0.3) is 11.8 Å². The molecule has 2 aromatic carbocycles. The van der Waals surface area contributed by atoms with Crippen LogP contribution in [0.25, 0.3) is 33.0 Å². The molecular formula is C27H27N5O3. The first kappa shape index (κ1) is 21.6. The van der Waals surface area contributed by atoms with Crippen molar-refractivity contribution in [3.05, 3.63) is 66.0 Å². The number of ether oxygens (including phenoxy) is 1. The van der Waals surface area contributed by atoms with Crippen molar-refractivity contribution in [2.45, 2.75) is 13.0 Å². The van der Waals surface area contributed by atoms with Crippen LogP contribution >= 0.6 is 0 Å². The Hall–Kier alpha value is -3.88. The Morgan fingerprint density at radius 2 is 1.69 bits per heavy atom. The minimum absolute atomic E-state index is 0.375. The number of aryl methyl sites for hydroxylation is 1. The maximum Gasteiger partial charge on any atom is 0.259 e. The van der Waals surface area contributed by atoms with Gasteiger partial charge in [0.15, 0.2) is 0 Å². The number of carbonyl (C=O) groups excluding carboxylic acids is 2. The number of nitrogen functional groups attached to an aromatic ring is 1. The van der Waals surface area contributed by atoms with Gasteiger partial charge in [-0.05, 0) is 24.6 Å². The van der Waals surface area contributed by atoms with E-state index in [1.807, 2.05) is 48.7 Å². The van der Waals surface area contributed by atoms with Crippen molar-refractivity contribution >= 4 is 50.5 Å². The van der Waals surface area contributed by atoms with Gasteiger partial charge in [-0.2, -0.15) is 0 Å². The van der Waals surface area contributed by atoms with Gasteiger partial charge in [-0.25, -0.2) is 0 Å². The normalized spacial score (nSPS) is 17.1. The van der Waals surface area contributed by atoms with Gasteiger partial charge in [-0.15, -0.1) is 0 Å². The summed E-state index contributed by atoms with van der Waals surface area (Å²) in [6.07, 6.45) is 4.75. The maximum atomic E-state index is 13.1. The highest BCUT2D eigenvalue weighted by Gasteiger charge is 2.35. The molecule has 4 aromatic rings. The Morgan fingerprint density at radius 1 is 0.914 bits per heavy atom. The number of aromatic nitrogens is 2. The van der Waals surface area contributed by atoms with E-state index in [0.29, 0.717) is 16.8 Å². The number of morpholine rings is 1. The first-order valence-corrected chi connectivity index (χ1v) is 12.0. The molecule has 4 heterocycles. The molecule has 2 aromatic heterocycles. The summed E-state index contributed by atoms with van der Waals surface area (Å²) in [5.74, 6) is -0.752. The molecule has 2 aliphatic rings. The number of rotatable bonds is 6. The zero-order valence-electron chi connectivity index (χ0n) is 19.3. The van der Waals surface area contributed by atoms with E-state index in [4.69, 9.17) is 10.5 Å². The second-order valence-electron chi connectivity index (χ2n) is 9.10. The number of hydrogen-bond acceptors (Lipinski definition) is 5. The predicted molar refractivity (Wildman–Crippen MR) is 136 cm³/mol. The first-order chi connectivity index (χ1) is 17.1. The molecule has 2 amide bonds. The maximum absolute atomic E-state index is 13.1. The number of nitrogens with two attached hydrogens (primary N) is 1. The number of amides is 2. The van der Waals surface area contributed by atoms with Gasteiger partial charge >= 0.3 is 0 Å². The molecule has 8 nitrogen and oxygen atoms in total. The van der Waals surface area contributed by atoms with Gasteiger partial charge in [0.05, 0.1) is 29.9 Å². The van der Waals surface area contributed by atoms with Gasteiger partial charge in [-0.3, -0.25) is 19.8 Å². The first-order valence-electron chi connectivity index (χ1n) is 12.0. The minimum atomic E-state index is -0.376. The number of anilines is 1. The van der Waals surface area contributed by atoms with Crippen LogP contribution < -0.4 is 11.1 Å². The number of imide groups is 1. The molecule has 0 atom stereocenters. The van der Waals surface area contributed by atoms with Crippen LogP contribution in [0.4, 0.5) is 5.69 Å². The fourth-order valence-corrected chi connectivity index (χ4v) is 5.23. The number of para-hydroxylation sites is 1. The monoisotopic (exact) mass is 469 g/mol. The number of H-pyrrole nitrogens is 1. The zero-order valence-corrected chi connectivity index (χ0v) is 19.3. The summed E-state index contributed by atoms with van der Waals surface area (Å²) in [4.78, 5) is 31.8. The minimum Gasteiger partial charge on any atom is -0.399 e. The second-order valence-corrected chi connectivity index (χ2v) is 9.10. The lowest BCUT2D eigenvalue weighted by atomic mass is 9.95. The molecule has 6 rings (SSSR count). The van der Waals surface area contributed by atoms with Gasteiger partial charge in [0, 0.05) is 71.7 Å². The van der Waals surface area contributed by atoms with Crippen molar-refractivity contribution in [2.24, 2.45) is 0 Å². The number of nitrogens with one attached hydrogen (secondary N) is 2. The van der Waals surface area contributed by atoms with E-state index < -0.39 is 0 Å². The molecule has 0 bridgehead atoms. The summed E-state index contributed by atoms with van der Waals surface area (Å²) in [5.41, 5.74) is 10.9. The van der Waals surface area contributed by atoms with Crippen LogP contribution in [0.3, 0.4) is 0 Å². The molecule has 178 valence electrons. The molecule has 0 saturated carbocycles. The summed E-state index contributed by atoms with van der Waals surface area (Å²) in [5, 5.41) is 4.33. The standard InChI is InChI=1S/C27H27N5O3/c28-17-6-7-19-21(16-32(23(19)14-17)9-3-8-31-10-12-35-13-11-31)25-24(26(33)30-27(25)34)20-15-29-22-5-2-1-4-18(20)22/h1-2,4-7,14-16,29H,3,8-13,28H2,(H,30,33,34). The fraction of sp³-hybridized carbons (Fsp3) is 0.259. The van der Waals surface area contributed by atoms with Gasteiger partial charge in [-0.1, -0.05) is 24.3 Å². The lowest BCUT2D eigenvalue weighted by molar-refractivity contribution is -0.122. The van der Waals surface area contributed by atoms with Crippen molar-refractivity contribution in [1.82, 2.24) is 19.8 Å². The average molecular weight is 470 g/mol. The summed E-state index contributed by atoms with van der Waals surface area (Å²) >= 11 is 0. The van der Waals surface area contributed by atoms with E-state index in [9.17, 15) is 9.59 Å². The number of benzene rings is 2. The number of hydrogen-bond donors (Lipinski definition) is 3. The molecule has 2 aliphatic heterocycles. The Balaban J connectivity index is 1.44. The predicted octanol–water partition coefficient (Wildman–Crippen LogP) is 2.99. The van der Waals surface area contributed by atoms with Crippen LogP contribution in [0.15, 0.2) is 54.9 Å². The molecule has 1 fully saturated rings. The van der Waals surface area contributed by atoms with Crippen molar-refractivity contribution in [3.8, 4) is 0 Å². The molecule has 1 saturated heterocycles. The third kappa shape index (κ3) is 3.80. The Labute approximate surface area is 202 Å². The SMILES string of the molecule is Nc1ccc2c(C3=C(c4c[nH]c5ccccc45)C(=O)NC3=O)cn(CCCN3CCOCC3)c2c1.